The molecule has 0 nitrogen and oxygen atoms in total. The molecule has 4 atom stereocenters. The Morgan fingerprint density at radius 2 is 0.651 bits per heavy atom. The summed E-state index contributed by atoms with van der Waals surface area (Å²) in [4.78, 5) is 0. The van der Waals surface area contributed by atoms with E-state index in [1.165, 1.54) is 191 Å². The van der Waals surface area contributed by atoms with Crippen LogP contribution >= 0.6 is 11.8 Å². The Hall–Kier alpha value is 0.350. The summed E-state index contributed by atoms with van der Waals surface area (Å²) in [5.41, 5.74) is 1.04. The molecule has 0 aliphatic heterocycles. The second-order valence-electron chi connectivity index (χ2n) is 17.6. The number of unbranched alkanes of at least 4 members (excludes halogenated alkanes) is 16. The summed E-state index contributed by atoms with van der Waals surface area (Å²) in [6, 6.07) is 0. The fourth-order valence-electron chi connectivity index (χ4n) is 9.18. The molecule has 4 unspecified atom stereocenters. The van der Waals surface area contributed by atoms with Gasteiger partial charge in [-0.2, -0.15) is 11.8 Å². The van der Waals surface area contributed by atoms with Crippen LogP contribution < -0.4 is 0 Å². The van der Waals surface area contributed by atoms with Crippen LogP contribution in [0.5, 0.6) is 0 Å². The normalized spacial score (nSPS) is 23.6. The van der Waals surface area contributed by atoms with Crippen LogP contribution in [-0.4, -0.2) is 11.5 Å². The number of hydrogen-bond acceptors (Lipinski definition) is 1. The molecule has 43 heavy (non-hydrogen) atoms. The van der Waals surface area contributed by atoms with Crippen molar-refractivity contribution in [3.8, 4) is 0 Å². The van der Waals surface area contributed by atoms with Crippen molar-refractivity contribution in [2.45, 2.75) is 221 Å². The topological polar surface area (TPSA) is 0 Å². The fourth-order valence-corrected chi connectivity index (χ4v) is 10.2. The monoisotopic (exact) mass is 619 g/mol. The molecule has 2 aliphatic carbocycles. The van der Waals surface area contributed by atoms with Crippen molar-refractivity contribution in [2.75, 3.05) is 11.5 Å². The third-order valence-electron chi connectivity index (χ3n) is 11.8. The van der Waals surface area contributed by atoms with Gasteiger partial charge >= 0.3 is 0 Å². The molecule has 0 radical (unpaired) electrons. The molecule has 0 aromatic heterocycles. The van der Waals surface area contributed by atoms with Gasteiger partial charge in [0, 0.05) is 0 Å². The third-order valence-corrected chi connectivity index (χ3v) is 12.9. The lowest BCUT2D eigenvalue weighted by molar-refractivity contribution is 0.0994. The lowest BCUT2D eigenvalue weighted by Crippen LogP contribution is -2.31. The molecule has 0 heterocycles. The van der Waals surface area contributed by atoms with Gasteiger partial charge in [-0.1, -0.05) is 196 Å². The minimum atomic E-state index is 0.521. The summed E-state index contributed by atoms with van der Waals surface area (Å²) < 4.78 is 0. The zero-order valence-electron chi connectivity index (χ0n) is 30.9. The van der Waals surface area contributed by atoms with Crippen LogP contribution in [0.3, 0.4) is 0 Å². The van der Waals surface area contributed by atoms with E-state index in [9.17, 15) is 0 Å². The maximum atomic E-state index is 2.48. The first kappa shape index (κ1) is 39.5. The van der Waals surface area contributed by atoms with Gasteiger partial charge in [0.1, 0.15) is 0 Å². The first-order chi connectivity index (χ1) is 20.7. The van der Waals surface area contributed by atoms with E-state index in [-0.39, 0.29) is 0 Å². The molecule has 2 rings (SSSR count). The Labute approximate surface area is 278 Å². The van der Waals surface area contributed by atoms with Gasteiger partial charge in [-0.25, -0.2) is 0 Å². The zero-order chi connectivity index (χ0) is 31.2. The van der Waals surface area contributed by atoms with E-state index in [2.05, 4.69) is 53.3 Å². The number of thioether (sulfide) groups is 1. The SMILES string of the molecule is CC(C)(C)C1CCCCC1CCCCCCCCCCCSCCCCCCCCCCCC1CCCCC1C(C)(C)C. The molecule has 0 amide bonds. The Kier molecular flexibility index (Phi) is 21.7. The lowest BCUT2D eigenvalue weighted by atomic mass is 9.65. The first-order valence-corrected chi connectivity index (χ1v) is 21.4. The lowest BCUT2D eigenvalue weighted by Gasteiger charge is -2.40. The van der Waals surface area contributed by atoms with Crippen LogP contribution in [0.4, 0.5) is 0 Å². The molecule has 0 bridgehead atoms. The summed E-state index contributed by atoms with van der Waals surface area (Å²) in [5.74, 6) is 6.82. The van der Waals surface area contributed by atoms with Crippen LogP contribution in [0.2, 0.25) is 0 Å². The van der Waals surface area contributed by atoms with Gasteiger partial charge in [-0.3, -0.25) is 0 Å². The van der Waals surface area contributed by atoms with Crippen LogP contribution in [0.25, 0.3) is 0 Å². The summed E-state index contributed by atoms with van der Waals surface area (Å²) in [7, 11) is 0. The standard InChI is InChI=1S/C42H82S/c1-41(2,3)39-33-25-23-31-37(39)29-21-17-13-9-7-11-15-19-27-35-43-36-28-20-16-12-8-10-14-18-22-30-38-32-24-26-34-40(38)42(4,5)6/h37-40H,7-36H2,1-6H3. The van der Waals surface area contributed by atoms with Crippen molar-refractivity contribution in [2.24, 2.45) is 34.5 Å². The fraction of sp³-hybridized carbons (Fsp3) is 1.00. The molecule has 2 saturated carbocycles. The molecule has 2 fully saturated rings. The molecule has 0 aromatic carbocycles. The van der Waals surface area contributed by atoms with Gasteiger partial charge in [0.25, 0.3) is 0 Å². The van der Waals surface area contributed by atoms with Crippen LogP contribution in [0, 0.1) is 34.5 Å². The largest absolute Gasteiger partial charge is 0.162 e. The van der Waals surface area contributed by atoms with Gasteiger partial charge in [-0.15, -0.1) is 0 Å². The Morgan fingerprint density at radius 3 is 0.977 bits per heavy atom. The van der Waals surface area contributed by atoms with E-state index < -0.39 is 0 Å². The zero-order valence-corrected chi connectivity index (χ0v) is 31.7. The highest BCUT2D eigenvalue weighted by Gasteiger charge is 2.34. The van der Waals surface area contributed by atoms with E-state index in [1.807, 2.05) is 0 Å². The molecular formula is C42H82S. The summed E-state index contributed by atoms with van der Waals surface area (Å²) in [5, 5.41) is 0. The van der Waals surface area contributed by atoms with Crippen LogP contribution in [0.1, 0.15) is 221 Å². The summed E-state index contributed by atoms with van der Waals surface area (Å²) in [6.07, 6.45) is 41.7. The third kappa shape index (κ3) is 18.9. The minimum Gasteiger partial charge on any atom is -0.162 e. The van der Waals surface area contributed by atoms with Crippen molar-refractivity contribution in [1.82, 2.24) is 0 Å². The number of rotatable bonds is 24. The van der Waals surface area contributed by atoms with Crippen LogP contribution in [0.15, 0.2) is 0 Å². The predicted octanol–water partition coefficient (Wildman–Crippen LogP) is 15.2. The average Bonchev–Trinajstić information content (AvgIpc) is 2.97. The van der Waals surface area contributed by atoms with Gasteiger partial charge in [0.2, 0.25) is 0 Å². The first-order valence-electron chi connectivity index (χ1n) is 20.3. The predicted molar refractivity (Wildman–Crippen MR) is 199 cm³/mol. The minimum absolute atomic E-state index is 0.521. The van der Waals surface area contributed by atoms with Crippen molar-refractivity contribution in [3.05, 3.63) is 0 Å². The molecular weight excluding hydrogens is 537 g/mol. The van der Waals surface area contributed by atoms with Crippen molar-refractivity contribution in [3.63, 3.8) is 0 Å². The van der Waals surface area contributed by atoms with Crippen molar-refractivity contribution >= 4 is 11.8 Å². The molecule has 0 saturated heterocycles. The highest BCUT2D eigenvalue weighted by atomic mass is 32.2. The van der Waals surface area contributed by atoms with Crippen LogP contribution in [-0.2, 0) is 0 Å². The highest BCUT2D eigenvalue weighted by molar-refractivity contribution is 7.99. The van der Waals surface area contributed by atoms with Crippen molar-refractivity contribution < 1.29 is 0 Å². The Balaban J connectivity index is 1.25. The smallest absolute Gasteiger partial charge is 0.00675 e. The van der Waals surface area contributed by atoms with E-state index in [0.717, 1.165) is 23.7 Å². The van der Waals surface area contributed by atoms with Gasteiger partial charge < -0.3 is 0 Å². The number of hydrogen-bond donors (Lipinski definition) is 0. The van der Waals surface area contributed by atoms with E-state index in [0.29, 0.717) is 10.8 Å². The maximum absolute atomic E-state index is 2.48. The van der Waals surface area contributed by atoms with Crippen molar-refractivity contribution in [1.29, 1.82) is 0 Å². The summed E-state index contributed by atoms with van der Waals surface area (Å²) in [6.45, 7) is 14.9. The highest BCUT2D eigenvalue weighted by Crippen LogP contribution is 2.45. The Bertz CT molecular complexity index is 570. The molecule has 0 aromatic rings. The molecule has 0 spiro atoms. The second-order valence-corrected chi connectivity index (χ2v) is 18.8. The quantitative estimate of drug-likeness (QED) is 0.0970. The molecule has 0 N–H and O–H groups in total. The Morgan fingerprint density at radius 1 is 0.372 bits per heavy atom. The van der Waals surface area contributed by atoms with Gasteiger partial charge in [-0.05, 0) is 71.7 Å². The van der Waals surface area contributed by atoms with Gasteiger partial charge in [0.05, 0.1) is 0 Å². The summed E-state index contributed by atoms with van der Waals surface area (Å²) >= 11 is 2.23. The second kappa shape index (κ2) is 23.6. The maximum Gasteiger partial charge on any atom is -0.00675 e. The van der Waals surface area contributed by atoms with Gasteiger partial charge in [0.15, 0.2) is 0 Å². The van der Waals surface area contributed by atoms with E-state index >= 15 is 0 Å². The average molecular weight is 619 g/mol. The molecule has 2 aliphatic rings. The molecule has 256 valence electrons. The van der Waals surface area contributed by atoms with E-state index in [1.54, 1.807) is 0 Å². The van der Waals surface area contributed by atoms with E-state index in [4.69, 9.17) is 0 Å². The molecule has 1 heteroatoms.